The molecular weight excluding hydrogens is 472 g/mol. The zero-order valence-corrected chi connectivity index (χ0v) is 21.9. The van der Waals surface area contributed by atoms with E-state index in [-0.39, 0.29) is 20.3 Å². The van der Waals surface area contributed by atoms with Crippen molar-refractivity contribution < 1.29 is 48.2 Å². The molecule has 0 fully saturated rings. The quantitative estimate of drug-likeness (QED) is 0.241. The van der Waals surface area contributed by atoms with E-state index in [1.807, 2.05) is 27.7 Å². The third-order valence-corrected chi connectivity index (χ3v) is 5.95. The van der Waals surface area contributed by atoms with Crippen LogP contribution in [0.1, 0.15) is 91.0 Å². The first-order valence-electron chi connectivity index (χ1n) is 11.2. The Hall–Kier alpha value is -0.520. The molecule has 0 aromatic heterocycles. The smallest absolute Gasteiger partial charge is 0.278 e. The lowest BCUT2D eigenvalue weighted by molar-refractivity contribution is -0.171. The van der Waals surface area contributed by atoms with E-state index in [4.69, 9.17) is 25.5 Å². The highest BCUT2D eigenvalue weighted by Crippen LogP contribution is 2.32. The van der Waals surface area contributed by atoms with Gasteiger partial charge in [-0.05, 0) is 32.1 Å². The molecule has 0 aliphatic heterocycles. The molecule has 0 aromatic rings. The van der Waals surface area contributed by atoms with Gasteiger partial charge in [-0.2, -0.15) is 0 Å². The van der Waals surface area contributed by atoms with Crippen molar-refractivity contribution in [2.24, 2.45) is 23.2 Å². The maximum atomic E-state index is 12.8. The number of aliphatic hydroxyl groups is 6. The van der Waals surface area contributed by atoms with Crippen molar-refractivity contribution in [3.63, 3.8) is 0 Å². The topological polar surface area (TPSA) is 121 Å². The van der Waals surface area contributed by atoms with Gasteiger partial charge in [-0.25, -0.2) is 17.6 Å². The van der Waals surface area contributed by atoms with E-state index in [2.05, 4.69) is 0 Å². The largest absolute Gasteiger partial charge is 0.391 e. The van der Waals surface area contributed by atoms with Crippen LogP contribution in [0.4, 0.5) is 17.6 Å². The van der Waals surface area contributed by atoms with Crippen molar-refractivity contribution in [3.8, 4) is 0 Å². The number of hydrogen-bond acceptors (Lipinski definition) is 6. The summed E-state index contributed by atoms with van der Waals surface area (Å²) >= 11 is 0. The monoisotopic (exact) mass is 528 g/mol. The molecule has 10 heteroatoms. The molecule has 6 atom stereocenters. The van der Waals surface area contributed by atoms with Gasteiger partial charge in [0.05, 0.1) is 24.4 Å². The van der Waals surface area contributed by atoms with Gasteiger partial charge < -0.3 is 30.6 Å². The van der Waals surface area contributed by atoms with E-state index in [0.29, 0.717) is 5.92 Å². The molecule has 6 N–H and O–H groups in total. The molecule has 220 valence electrons. The van der Waals surface area contributed by atoms with Gasteiger partial charge >= 0.3 is 0 Å². The Kier molecular flexibility index (Phi) is 22.7. The number of aliphatic hydroxyl groups excluding tert-OH is 6. The molecule has 0 radical (unpaired) electrons. The van der Waals surface area contributed by atoms with Gasteiger partial charge in [-0.1, -0.05) is 70.2 Å². The lowest BCUT2D eigenvalue weighted by Crippen LogP contribution is -2.44. The number of rotatable bonds is 9. The Balaban J connectivity index is -0.000000125. The molecular formula is C25H56F4O6. The van der Waals surface area contributed by atoms with Crippen LogP contribution in [0.15, 0.2) is 0 Å². The summed E-state index contributed by atoms with van der Waals surface area (Å²) in [6.07, 6.45) is -8.01. The van der Waals surface area contributed by atoms with Crippen LogP contribution < -0.4 is 0 Å². The van der Waals surface area contributed by atoms with E-state index >= 15 is 0 Å². The fraction of sp³-hybridized carbons (Fsp3) is 1.00. The predicted molar refractivity (Wildman–Crippen MR) is 135 cm³/mol. The summed E-state index contributed by atoms with van der Waals surface area (Å²) in [6, 6.07) is 0. The minimum Gasteiger partial charge on any atom is -0.391 e. The lowest BCUT2D eigenvalue weighted by Gasteiger charge is -2.36. The van der Waals surface area contributed by atoms with Crippen LogP contribution in [-0.2, 0) is 0 Å². The van der Waals surface area contributed by atoms with Gasteiger partial charge in [0.1, 0.15) is 12.2 Å². The molecule has 6 nitrogen and oxygen atoms in total. The fourth-order valence-electron chi connectivity index (χ4n) is 2.29. The Bertz CT molecular complexity index is 439. The van der Waals surface area contributed by atoms with Crippen LogP contribution >= 0.6 is 0 Å². The van der Waals surface area contributed by atoms with Crippen molar-refractivity contribution in [2.75, 3.05) is 0 Å². The minimum absolute atomic E-state index is 0. The van der Waals surface area contributed by atoms with Crippen LogP contribution in [0.3, 0.4) is 0 Å². The zero-order chi connectivity index (χ0) is 27.7. The lowest BCUT2D eigenvalue weighted by atomic mass is 9.74. The number of alkyl halides is 4. The highest BCUT2D eigenvalue weighted by Gasteiger charge is 2.44. The van der Waals surface area contributed by atoms with Crippen LogP contribution in [0.5, 0.6) is 0 Å². The van der Waals surface area contributed by atoms with E-state index in [9.17, 15) is 22.7 Å². The van der Waals surface area contributed by atoms with Crippen LogP contribution in [0.25, 0.3) is 0 Å². The number of halogens is 4. The molecule has 0 heterocycles. The summed E-state index contributed by atoms with van der Waals surface area (Å²) in [4.78, 5) is 0. The average Bonchev–Trinajstić information content (AvgIpc) is 2.66. The first kappa shape index (κ1) is 44.5. The first-order valence-corrected chi connectivity index (χ1v) is 11.2. The molecule has 0 aliphatic carbocycles. The molecule has 0 aromatic carbocycles. The van der Waals surface area contributed by atoms with Crippen LogP contribution in [0.2, 0.25) is 0 Å². The molecule has 0 bridgehead atoms. The SMILES string of the molecule is C.C.CC(O)C(O)C(C)(C)C(C)C.CC(O)[C@@H](O)C(F)(F)C(C)C.CC(O)[C@H](O)C(F)(F)C(C)C. The highest BCUT2D eigenvalue weighted by molar-refractivity contribution is 4.84. The van der Waals surface area contributed by atoms with Crippen molar-refractivity contribution >= 4 is 0 Å². The Labute approximate surface area is 211 Å². The Morgan fingerprint density at radius 3 is 0.686 bits per heavy atom. The van der Waals surface area contributed by atoms with Crippen LogP contribution in [-0.4, -0.2) is 79.1 Å². The molecule has 35 heavy (non-hydrogen) atoms. The second kappa shape index (κ2) is 17.9. The summed E-state index contributed by atoms with van der Waals surface area (Å²) in [5, 5.41) is 53.7. The molecule has 0 spiro atoms. The van der Waals surface area contributed by atoms with E-state index in [1.165, 1.54) is 27.7 Å². The molecule has 0 rings (SSSR count). The first-order chi connectivity index (χ1) is 14.4. The standard InChI is InChI=1S/C9H20O2.2C7H14F2O2.2CH4/c1-6(2)9(4,5)8(11)7(3)10;2*1-4(2)7(8,9)6(11)5(3)10;;/h6-8,10-11H,1-5H3;2*4-6,10-11H,1-3H3;2*1H4/t;2*5?,6-;;/m.10../s1. The Morgan fingerprint density at radius 1 is 0.429 bits per heavy atom. The van der Waals surface area contributed by atoms with Gasteiger partial charge in [0.15, 0.2) is 0 Å². The summed E-state index contributed by atoms with van der Waals surface area (Å²) < 4.78 is 51.1. The second-order valence-corrected chi connectivity index (χ2v) is 10.2. The minimum atomic E-state index is -3.21. The molecule has 0 saturated heterocycles. The van der Waals surface area contributed by atoms with Gasteiger partial charge in [-0.3, -0.25) is 0 Å². The molecule has 4 unspecified atom stereocenters. The summed E-state index contributed by atoms with van der Waals surface area (Å²) in [5.74, 6) is -7.99. The van der Waals surface area contributed by atoms with Crippen molar-refractivity contribution in [1.29, 1.82) is 0 Å². The molecule has 0 amide bonds. The maximum Gasteiger partial charge on any atom is 0.278 e. The summed E-state index contributed by atoms with van der Waals surface area (Å²) in [6.45, 7) is 17.1. The zero-order valence-electron chi connectivity index (χ0n) is 21.9. The third-order valence-electron chi connectivity index (χ3n) is 5.95. The maximum absolute atomic E-state index is 12.8. The van der Waals surface area contributed by atoms with Crippen LogP contribution in [0, 0.1) is 23.2 Å². The Morgan fingerprint density at radius 2 is 0.629 bits per heavy atom. The summed E-state index contributed by atoms with van der Waals surface area (Å²) in [5.41, 5.74) is -0.214. The molecule has 0 saturated carbocycles. The fourth-order valence-corrected chi connectivity index (χ4v) is 2.29. The average molecular weight is 529 g/mol. The second-order valence-electron chi connectivity index (χ2n) is 10.2. The molecule has 0 aliphatic rings. The van der Waals surface area contributed by atoms with Gasteiger partial charge in [-0.15, -0.1) is 0 Å². The van der Waals surface area contributed by atoms with E-state index in [1.54, 1.807) is 6.92 Å². The van der Waals surface area contributed by atoms with Crippen molar-refractivity contribution in [3.05, 3.63) is 0 Å². The number of hydrogen-bond donors (Lipinski definition) is 6. The van der Waals surface area contributed by atoms with E-state index < -0.39 is 60.3 Å². The normalized spacial score (nSPS) is 17.5. The van der Waals surface area contributed by atoms with Crippen molar-refractivity contribution in [1.82, 2.24) is 0 Å². The van der Waals surface area contributed by atoms with Gasteiger partial charge in [0.2, 0.25) is 0 Å². The highest BCUT2D eigenvalue weighted by atomic mass is 19.3. The van der Waals surface area contributed by atoms with Gasteiger partial charge in [0, 0.05) is 11.8 Å². The van der Waals surface area contributed by atoms with Crippen molar-refractivity contribution in [2.45, 2.75) is 139 Å². The third kappa shape index (κ3) is 14.7. The summed E-state index contributed by atoms with van der Waals surface area (Å²) in [7, 11) is 0. The predicted octanol–water partition coefficient (Wildman–Crippen LogP) is 4.72. The van der Waals surface area contributed by atoms with Gasteiger partial charge in [0.25, 0.3) is 11.8 Å². The van der Waals surface area contributed by atoms with E-state index in [0.717, 1.165) is 13.8 Å².